The fraction of sp³-hybridized carbons (Fsp3) is 0.583. The molecule has 0 aliphatic carbocycles. The zero-order chi connectivity index (χ0) is 14.7. The Morgan fingerprint density at radius 1 is 1.60 bits per heavy atom. The van der Waals surface area contributed by atoms with Crippen LogP contribution in [0.3, 0.4) is 0 Å². The summed E-state index contributed by atoms with van der Waals surface area (Å²) in [5, 5.41) is 4.04. The third-order valence-electron chi connectivity index (χ3n) is 3.23. The minimum Gasteiger partial charge on any atom is -0.467 e. The molecular weight excluding hydrogens is 264 g/mol. The summed E-state index contributed by atoms with van der Waals surface area (Å²) < 4.78 is 11.5. The molecule has 2 heterocycles. The monoisotopic (exact) mass is 282 g/mol. The van der Waals surface area contributed by atoms with Crippen molar-refractivity contribution in [2.45, 2.75) is 19.5 Å². The lowest BCUT2D eigenvalue weighted by atomic mass is 10.2. The topological polar surface area (TPSA) is 99.7 Å². The molecule has 1 aliphatic heterocycles. The van der Waals surface area contributed by atoms with E-state index >= 15 is 0 Å². The molecule has 1 unspecified atom stereocenters. The molecule has 1 saturated heterocycles. The van der Waals surface area contributed by atoms with E-state index in [0.717, 1.165) is 0 Å². The van der Waals surface area contributed by atoms with Gasteiger partial charge in [0.25, 0.3) is 5.91 Å². The Labute approximate surface area is 116 Å². The Morgan fingerprint density at radius 3 is 3.00 bits per heavy atom. The first-order chi connectivity index (χ1) is 9.60. The van der Waals surface area contributed by atoms with Crippen LogP contribution in [0.25, 0.3) is 0 Å². The van der Waals surface area contributed by atoms with Crippen LogP contribution in [0, 0.1) is 0 Å². The second-order valence-corrected chi connectivity index (χ2v) is 4.38. The highest BCUT2D eigenvalue weighted by Crippen LogP contribution is 2.18. The maximum atomic E-state index is 12.6. The predicted octanol–water partition coefficient (Wildman–Crippen LogP) is -0.501. The van der Waals surface area contributed by atoms with Crippen LogP contribution in [0.2, 0.25) is 0 Å². The van der Waals surface area contributed by atoms with Gasteiger partial charge in [0.1, 0.15) is 5.69 Å². The standard InChI is InChI=1S/C12H18N4O4/c1-3-16-10(8(13)6-14-16)11(17)15-4-5-20-7-9(15)12(18)19-2/h6,9H,3-5,7,13H2,1-2H3. The molecule has 8 nitrogen and oxygen atoms in total. The molecule has 1 atom stereocenters. The first-order valence-corrected chi connectivity index (χ1v) is 6.38. The van der Waals surface area contributed by atoms with Crippen LogP contribution in [-0.4, -0.2) is 59.5 Å². The molecule has 2 N–H and O–H groups in total. The number of nitrogen functional groups attached to an aromatic ring is 1. The van der Waals surface area contributed by atoms with Gasteiger partial charge in [-0.25, -0.2) is 4.79 Å². The number of aryl methyl sites for hydroxylation is 1. The maximum Gasteiger partial charge on any atom is 0.331 e. The number of nitrogens with two attached hydrogens (primary N) is 1. The van der Waals surface area contributed by atoms with Crippen molar-refractivity contribution >= 4 is 17.6 Å². The second kappa shape index (κ2) is 5.91. The zero-order valence-corrected chi connectivity index (χ0v) is 11.5. The Bertz CT molecular complexity index is 514. The average Bonchev–Trinajstić information content (AvgIpc) is 2.86. The van der Waals surface area contributed by atoms with E-state index in [1.807, 2.05) is 6.92 Å². The number of hydrogen-bond donors (Lipinski definition) is 1. The lowest BCUT2D eigenvalue weighted by molar-refractivity contribution is -0.151. The van der Waals surface area contributed by atoms with Gasteiger partial charge < -0.3 is 20.1 Å². The van der Waals surface area contributed by atoms with Crippen molar-refractivity contribution in [3.63, 3.8) is 0 Å². The second-order valence-electron chi connectivity index (χ2n) is 4.38. The summed E-state index contributed by atoms with van der Waals surface area (Å²) in [6.45, 7) is 3.19. The normalized spacial score (nSPS) is 18.9. The first-order valence-electron chi connectivity index (χ1n) is 6.38. The molecule has 8 heteroatoms. The van der Waals surface area contributed by atoms with E-state index in [2.05, 4.69) is 5.10 Å². The largest absolute Gasteiger partial charge is 0.467 e. The van der Waals surface area contributed by atoms with Crippen molar-refractivity contribution in [1.82, 2.24) is 14.7 Å². The summed E-state index contributed by atoms with van der Waals surface area (Å²) >= 11 is 0. The summed E-state index contributed by atoms with van der Waals surface area (Å²) in [6.07, 6.45) is 1.43. The van der Waals surface area contributed by atoms with Crippen LogP contribution in [0.5, 0.6) is 0 Å². The van der Waals surface area contributed by atoms with E-state index in [9.17, 15) is 9.59 Å². The molecule has 1 amide bonds. The van der Waals surface area contributed by atoms with Crippen LogP contribution < -0.4 is 5.73 Å². The molecule has 0 saturated carbocycles. The maximum absolute atomic E-state index is 12.6. The van der Waals surface area contributed by atoms with Crippen molar-refractivity contribution in [2.75, 3.05) is 32.6 Å². The molecule has 1 aromatic rings. The molecule has 0 aromatic carbocycles. The predicted molar refractivity (Wildman–Crippen MR) is 70.0 cm³/mol. The molecule has 1 aromatic heterocycles. The highest BCUT2D eigenvalue weighted by Gasteiger charge is 2.36. The number of hydrogen-bond acceptors (Lipinski definition) is 6. The number of anilines is 1. The van der Waals surface area contributed by atoms with Crippen molar-refractivity contribution in [3.05, 3.63) is 11.9 Å². The third kappa shape index (κ3) is 2.46. The molecule has 1 aliphatic rings. The fourth-order valence-electron chi connectivity index (χ4n) is 2.19. The molecule has 110 valence electrons. The number of ether oxygens (including phenoxy) is 2. The van der Waals surface area contributed by atoms with Crippen molar-refractivity contribution in [3.8, 4) is 0 Å². The smallest absolute Gasteiger partial charge is 0.331 e. The van der Waals surface area contributed by atoms with E-state index in [1.54, 1.807) is 0 Å². The Kier molecular flexibility index (Phi) is 4.23. The van der Waals surface area contributed by atoms with Gasteiger partial charge in [0.05, 0.1) is 32.2 Å². The van der Waals surface area contributed by atoms with Crippen molar-refractivity contribution in [1.29, 1.82) is 0 Å². The van der Waals surface area contributed by atoms with Crippen LogP contribution in [-0.2, 0) is 20.8 Å². The first kappa shape index (κ1) is 14.3. The van der Waals surface area contributed by atoms with E-state index in [0.29, 0.717) is 31.1 Å². The minimum atomic E-state index is -0.749. The van der Waals surface area contributed by atoms with Gasteiger partial charge in [-0.2, -0.15) is 5.10 Å². The number of rotatable bonds is 3. The molecule has 2 rings (SSSR count). The van der Waals surface area contributed by atoms with Crippen LogP contribution >= 0.6 is 0 Å². The molecule has 0 bridgehead atoms. The summed E-state index contributed by atoms with van der Waals surface area (Å²) in [5.41, 5.74) is 6.39. The summed E-state index contributed by atoms with van der Waals surface area (Å²) in [6, 6.07) is -0.749. The van der Waals surface area contributed by atoms with Crippen LogP contribution in [0.1, 0.15) is 17.4 Å². The number of carbonyl (C=O) groups excluding carboxylic acids is 2. The van der Waals surface area contributed by atoms with E-state index in [-0.39, 0.29) is 12.5 Å². The SMILES string of the molecule is CCn1ncc(N)c1C(=O)N1CCOCC1C(=O)OC. The van der Waals surface area contributed by atoms with Gasteiger partial charge in [0.2, 0.25) is 0 Å². The molecule has 0 spiro atoms. The molecular formula is C12H18N4O4. The number of amides is 1. The number of carbonyl (C=O) groups is 2. The van der Waals surface area contributed by atoms with E-state index < -0.39 is 12.0 Å². The summed E-state index contributed by atoms with van der Waals surface area (Å²) in [4.78, 5) is 25.8. The van der Waals surface area contributed by atoms with E-state index in [4.69, 9.17) is 15.2 Å². The molecule has 1 fully saturated rings. The number of morpholine rings is 1. The lowest BCUT2D eigenvalue weighted by Crippen LogP contribution is -2.53. The lowest BCUT2D eigenvalue weighted by Gasteiger charge is -2.33. The zero-order valence-electron chi connectivity index (χ0n) is 11.5. The number of esters is 1. The summed E-state index contributed by atoms with van der Waals surface area (Å²) in [5.74, 6) is -0.834. The van der Waals surface area contributed by atoms with E-state index in [1.165, 1.54) is 22.9 Å². The molecule has 20 heavy (non-hydrogen) atoms. The Hall–Kier alpha value is -2.09. The minimum absolute atomic E-state index is 0.124. The molecule has 0 radical (unpaired) electrons. The number of methoxy groups -OCH3 is 1. The van der Waals surface area contributed by atoms with Crippen molar-refractivity contribution in [2.24, 2.45) is 0 Å². The average molecular weight is 282 g/mol. The quantitative estimate of drug-likeness (QED) is 0.750. The third-order valence-corrected chi connectivity index (χ3v) is 3.23. The van der Waals surface area contributed by atoms with Gasteiger partial charge in [-0.3, -0.25) is 9.48 Å². The summed E-state index contributed by atoms with van der Waals surface area (Å²) in [7, 11) is 1.28. The Morgan fingerprint density at radius 2 is 2.35 bits per heavy atom. The van der Waals surface area contributed by atoms with Gasteiger partial charge in [0.15, 0.2) is 6.04 Å². The number of aromatic nitrogens is 2. The highest BCUT2D eigenvalue weighted by molar-refractivity contribution is 5.99. The fourth-order valence-corrected chi connectivity index (χ4v) is 2.19. The highest BCUT2D eigenvalue weighted by atomic mass is 16.5. The van der Waals surface area contributed by atoms with Gasteiger partial charge in [0, 0.05) is 13.1 Å². The van der Waals surface area contributed by atoms with Gasteiger partial charge in [-0.15, -0.1) is 0 Å². The van der Waals surface area contributed by atoms with Gasteiger partial charge >= 0.3 is 5.97 Å². The van der Waals surface area contributed by atoms with Crippen molar-refractivity contribution < 1.29 is 19.1 Å². The van der Waals surface area contributed by atoms with Gasteiger partial charge in [-0.05, 0) is 6.92 Å². The van der Waals surface area contributed by atoms with Crippen LogP contribution in [0.15, 0.2) is 6.20 Å². The van der Waals surface area contributed by atoms with Crippen LogP contribution in [0.4, 0.5) is 5.69 Å². The van der Waals surface area contributed by atoms with Gasteiger partial charge in [-0.1, -0.05) is 0 Å². The number of nitrogens with zero attached hydrogens (tertiary/aromatic N) is 3. The Balaban J connectivity index is 2.30.